The van der Waals surface area contributed by atoms with E-state index < -0.39 is 0 Å². The van der Waals surface area contributed by atoms with Crippen molar-refractivity contribution in [3.63, 3.8) is 0 Å². The zero-order chi connectivity index (χ0) is 22.7. The minimum atomic E-state index is -0.0208. The van der Waals surface area contributed by atoms with Gasteiger partial charge in [0, 0.05) is 0 Å². The van der Waals surface area contributed by atoms with Crippen molar-refractivity contribution in [3.8, 4) is 0 Å². The van der Waals surface area contributed by atoms with Crippen molar-refractivity contribution in [2.75, 3.05) is 5.43 Å². The Morgan fingerprint density at radius 1 is 0.621 bits per heavy atom. The van der Waals surface area contributed by atoms with Gasteiger partial charge in [-0.3, -0.25) is 5.84 Å². The number of hydrogen-bond donors (Lipinski definition) is 2. The number of anilines is 1. The lowest BCUT2D eigenvalue weighted by Crippen LogP contribution is -2.13. The molecule has 29 heavy (non-hydrogen) atoms. The minimum Gasteiger partial charge on any atom is -0.324 e. The largest absolute Gasteiger partial charge is 0.324 e. The van der Waals surface area contributed by atoms with Gasteiger partial charge in [0.25, 0.3) is 0 Å². The second kappa shape index (κ2) is 13.4. The number of nitrogens with one attached hydrogen (secondary N) is 1. The summed E-state index contributed by atoms with van der Waals surface area (Å²) in [5, 5.41) is 0. The molecule has 0 fully saturated rings. The zero-order valence-electron chi connectivity index (χ0n) is 20.2. The van der Waals surface area contributed by atoms with Crippen LogP contribution in [-0.2, 0) is 0 Å². The number of benzene rings is 2. The van der Waals surface area contributed by atoms with Crippen LogP contribution in [0.2, 0.25) is 0 Å². The molecule has 0 saturated carbocycles. The highest BCUT2D eigenvalue weighted by Gasteiger charge is 2.13. The second-order valence-corrected chi connectivity index (χ2v) is 8.33. The van der Waals surface area contributed by atoms with Crippen LogP contribution in [-0.4, -0.2) is 0 Å². The van der Waals surface area contributed by atoms with Crippen molar-refractivity contribution in [1.29, 1.82) is 0 Å². The molecule has 0 heterocycles. The van der Waals surface area contributed by atoms with E-state index in [-0.39, 0.29) is 17.7 Å². The number of halogens is 1. The van der Waals surface area contributed by atoms with Crippen molar-refractivity contribution in [2.24, 2.45) is 5.84 Å². The molecule has 3 N–H and O–H groups in total. The summed E-state index contributed by atoms with van der Waals surface area (Å²) in [6.45, 7) is 20.8. The molecule has 164 valence electrons. The first-order valence-corrected chi connectivity index (χ1v) is 11.0. The van der Waals surface area contributed by atoms with E-state index in [4.69, 9.17) is 5.84 Å². The van der Waals surface area contributed by atoms with Crippen LogP contribution in [0.15, 0.2) is 36.4 Å². The highest BCUT2D eigenvalue weighted by atomic mass is 19.1. The van der Waals surface area contributed by atoms with Crippen molar-refractivity contribution < 1.29 is 4.39 Å². The molecule has 0 atom stereocenters. The zero-order valence-corrected chi connectivity index (χ0v) is 20.2. The summed E-state index contributed by atoms with van der Waals surface area (Å²) in [4.78, 5) is 0. The van der Waals surface area contributed by atoms with E-state index in [1.165, 1.54) is 11.1 Å². The van der Waals surface area contributed by atoms with Crippen molar-refractivity contribution >= 4 is 5.69 Å². The van der Waals surface area contributed by atoms with Gasteiger partial charge < -0.3 is 5.43 Å². The Morgan fingerprint density at radius 3 is 1.14 bits per heavy atom. The molecule has 2 aromatic carbocycles. The first kappa shape index (κ1) is 27.1. The number of hydrazine groups is 1. The lowest BCUT2D eigenvalue weighted by atomic mass is 9.93. The van der Waals surface area contributed by atoms with E-state index in [0.29, 0.717) is 11.8 Å². The maximum absolute atomic E-state index is 13.8. The fourth-order valence-corrected chi connectivity index (χ4v) is 3.18. The van der Waals surface area contributed by atoms with Gasteiger partial charge in [-0.1, -0.05) is 106 Å². The monoisotopic (exact) mass is 402 g/mol. The van der Waals surface area contributed by atoms with Gasteiger partial charge >= 0.3 is 0 Å². The highest BCUT2D eigenvalue weighted by molar-refractivity contribution is 5.59. The van der Waals surface area contributed by atoms with E-state index in [9.17, 15) is 4.39 Å². The minimum absolute atomic E-state index is 0.0208. The summed E-state index contributed by atoms with van der Waals surface area (Å²) < 4.78 is 13.8. The van der Waals surface area contributed by atoms with Gasteiger partial charge in [-0.05, 0) is 45.9 Å². The van der Waals surface area contributed by atoms with Crippen LogP contribution in [0.1, 0.15) is 115 Å². The molecular formula is C26H43FN2. The van der Waals surface area contributed by atoms with Crippen LogP contribution < -0.4 is 11.3 Å². The number of nitrogens with two attached hydrogens (primary N) is 1. The van der Waals surface area contributed by atoms with Gasteiger partial charge in [0.15, 0.2) is 0 Å². The predicted octanol–water partition coefficient (Wildman–Crippen LogP) is 8.32. The predicted molar refractivity (Wildman–Crippen MR) is 128 cm³/mol. The molecule has 0 spiro atoms. The summed E-state index contributed by atoms with van der Waals surface area (Å²) in [6.07, 6.45) is 0. The first-order valence-electron chi connectivity index (χ1n) is 11.0. The molecule has 3 heteroatoms. The van der Waals surface area contributed by atoms with E-state index in [1.807, 2.05) is 59.7 Å². The molecule has 0 radical (unpaired) electrons. The summed E-state index contributed by atoms with van der Waals surface area (Å²) in [5.41, 5.74) is 8.15. The topological polar surface area (TPSA) is 38.0 Å². The normalized spacial score (nSPS) is 10.6. The Kier molecular flexibility index (Phi) is 12.5. The summed E-state index contributed by atoms with van der Waals surface area (Å²) in [5.74, 6) is 7.08. The number of hydrogen-bond acceptors (Lipinski definition) is 2. The second-order valence-electron chi connectivity index (χ2n) is 8.33. The van der Waals surface area contributed by atoms with E-state index in [1.54, 1.807) is 0 Å². The maximum atomic E-state index is 13.8. The molecule has 0 bridgehead atoms. The highest BCUT2D eigenvalue weighted by Crippen LogP contribution is 2.31. The molecule has 2 nitrogen and oxygen atoms in total. The van der Waals surface area contributed by atoms with Gasteiger partial charge in [0.1, 0.15) is 5.82 Å². The summed E-state index contributed by atoms with van der Waals surface area (Å²) in [6, 6.07) is 12.0. The molecule has 0 saturated heterocycles. The molecule has 0 amide bonds. The van der Waals surface area contributed by atoms with Crippen molar-refractivity contribution in [2.45, 2.75) is 92.9 Å². The van der Waals surface area contributed by atoms with Gasteiger partial charge in [-0.15, -0.1) is 0 Å². The third-order valence-corrected chi connectivity index (χ3v) is 4.82. The van der Waals surface area contributed by atoms with Crippen molar-refractivity contribution in [3.05, 3.63) is 64.5 Å². The standard InChI is InChI=1S/C12H17F.C12H20N2.C2H6/c1-8(2)10-6-5-7-11(9(3)4)12(10)13;1-8(2)10-6-5-7-11(9(3)4)12(10)14-13;1-2/h5-9H,1-4H3;5-9,14H,13H2,1-4H3;1-2H3. The Bertz CT molecular complexity index is 666. The lowest BCUT2D eigenvalue weighted by Gasteiger charge is -2.18. The molecule has 0 aliphatic rings. The lowest BCUT2D eigenvalue weighted by molar-refractivity contribution is 0.572. The summed E-state index contributed by atoms with van der Waals surface area (Å²) >= 11 is 0. The Labute approximate surface area is 179 Å². The van der Waals surface area contributed by atoms with Crippen LogP contribution in [0.4, 0.5) is 10.1 Å². The van der Waals surface area contributed by atoms with Crippen LogP contribution >= 0.6 is 0 Å². The van der Waals surface area contributed by atoms with E-state index >= 15 is 0 Å². The van der Waals surface area contributed by atoms with Crippen molar-refractivity contribution in [1.82, 2.24) is 0 Å². The molecular weight excluding hydrogens is 359 g/mol. The number of nitrogen functional groups attached to an aromatic ring is 1. The van der Waals surface area contributed by atoms with Crippen LogP contribution in [0.3, 0.4) is 0 Å². The molecule has 0 aromatic heterocycles. The Hall–Kier alpha value is -1.87. The average Bonchev–Trinajstić information content (AvgIpc) is 2.68. The smallest absolute Gasteiger partial charge is 0.130 e. The quantitative estimate of drug-likeness (QED) is 0.390. The third-order valence-electron chi connectivity index (χ3n) is 4.82. The molecule has 2 rings (SSSR count). The molecule has 0 unspecified atom stereocenters. The average molecular weight is 403 g/mol. The van der Waals surface area contributed by atoms with Gasteiger partial charge in [-0.2, -0.15) is 0 Å². The van der Waals surface area contributed by atoms with Gasteiger partial charge in [0.2, 0.25) is 0 Å². The number of para-hydroxylation sites is 1. The van der Waals surface area contributed by atoms with Crippen LogP contribution in [0.5, 0.6) is 0 Å². The Balaban J connectivity index is 0.000000499. The third kappa shape index (κ3) is 7.81. The summed E-state index contributed by atoms with van der Waals surface area (Å²) in [7, 11) is 0. The fraction of sp³-hybridized carbons (Fsp3) is 0.538. The van der Waals surface area contributed by atoms with Gasteiger partial charge in [0.05, 0.1) is 5.69 Å². The molecule has 0 aliphatic heterocycles. The van der Waals surface area contributed by atoms with Crippen LogP contribution in [0, 0.1) is 5.82 Å². The maximum Gasteiger partial charge on any atom is 0.130 e. The molecule has 2 aromatic rings. The van der Waals surface area contributed by atoms with E-state index in [0.717, 1.165) is 16.8 Å². The molecule has 0 aliphatic carbocycles. The first-order chi connectivity index (χ1) is 13.6. The Morgan fingerprint density at radius 2 is 0.897 bits per heavy atom. The SMILES string of the molecule is CC.CC(C)c1cccc(C(C)C)c1F.CC(C)c1cccc(C(C)C)c1NN. The number of rotatable bonds is 5. The van der Waals surface area contributed by atoms with Crippen LogP contribution in [0.25, 0.3) is 0 Å². The van der Waals surface area contributed by atoms with E-state index in [2.05, 4.69) is 51.3 Å². The fourth-order valence-electron chi connectivity index (χ4n) is 3.18. The van der Waals surface area contributed by atoms with Gasteiger partial charge in [-0.25, -0.2) is 4.39 Å².